The summed E-state index contributed by atoms with van der Waals surface area (Å²) < 4.78 is 18.2. The molecular weight excluding hydrogens is 450 g/mol. The minimum absolute atomic E-state index is 0. The van der Waals surface area contributed by atoms with E-state index in [4.69, 9.17) is 22.3 Å². The molecule has 0 aromatic carbocycles. The van der Waals surface area contributed by atoms with Crippen LogP contribution in [-0.4, -0.2) is 38.0 Å². The average Bonchev–Trinajstić information content (AvgIpc) is 2.01. The predicted octanol–water partition coefficient (Wildman–Crippen LogP) is 2.33. The molecule has 0 aliphatic rings. The maximum absolute atomic E-state index is 7.76. The van der Waals surface area contributed by atoms with Crippen LogP contribution < -0.4 is 11.5 Å². The van der Waals surface area contributed by atoms with Crippen molar-refractivity contribution in [1.29, 1.82) is 0 Å². The molecule has 0 amide bonds. The Morgan fingerprint density at radius 3 is 1.37 bits per heavy atom. The summed E-state index contributed by atoms with van der Waals surface area (Å²) in [7, 11) is 4.84. The minimum Gasteiger partial charge on any atom is -0.382 e. The minimum atomic E-state index is -1.00. The van der Waals surface area contributed by atoms with Gasteiger partial charge in [0.25, 0.3) is 0 Å². The van der Waals surface area contributed by atoms with Gasteiger partial charge in [-0.1, -0.05) is 29.7 Å². The molecule has 19 heavy (non-hydrogen) atoms. The second kappa shape index (κ2) is 24.4. The van der Waals surface area contributed by atoms with Gasteiger partial charge in [-0.3, -0.25) is 0 Å². The van der Waals surface area contributed by atoms with Gasteiger partial charge in [-0.25, -0.2) is 0 Å². The Kier molecular flexibility index (Phi) is 41.6. The predicted molar refractivity (Wildman–Crippen MR) is 92.8 cm³/mol. The molecule has 124 valence electrons. The second-order valence-corrected chi connectivity index (χ2v) is 4.82. The van der Waals surface area contributed by atoms with E-state index < -0.39 is 5.89 Å². The fourth-order valence-corrected chi connectivity index (χ4v) is 0.993. The standard InChI is InChI=1S/C8H21N2O2P2.4CH4.W/c1-6(2-11-4-7(9)13)3-12-5-8(10)14;;;;;/h6-8H,1-5,9-10,13-14H2;4*1H4;/q-1;;;;;/i6T;;;;;. The van der Waals surface area contributed by atoms with Gasteiger partial charge >= 0.3 is 0 Å². The van der Waals surface area contributed by atoms with Crippen molar-refractivity contribution in [1.82, 2.24) is 0 Å². The Morgan fingerprint density at radius 1 is 0.895 bits per heavy atom. The van der Waals surface area contributed by atoms with Crippen molar-refractivity contribution < 1.29 is 31.9 Å². The summed E-state index contributed by atoms with van der Waals surface area (Å²) >= 11 is 0. The smallest absolute Gasteiger partial charge is 0.0651 e. The number of ether oxygens (including phenoxy) is 2. The molecule has 4 unspecified atom stereocenters. The van der Waals surface area contributed by atoms with Crippen molar-refractivity contribution in [3.63, 3.8) is 0 Å². The van der Waals surface area contributed by atoms with Crippen LogP contribution in [0.25, 0.3) is 0 Å². The van der Waals surface area contributed by atoms with Crippen LogP contribution in [0, 0.1) is 12.8 Å². The van der Waals surface area contributed by atoms with Crippen molar-refractivity contribution in [3.8, 4) is 0 Å². The summed E-state index contributed by atoms with van der Waals surface area (Å²) in [5.41, 5.74) is 10.9. The van der Waals surface area contributed by atoms with Crippen molar-refractivity contribution >= 4 is 18.5 Å². The van der Waals surface area contributed by atoms with Gasteiger partial charge < -0.3 is 27.9 Å². The van der Waals surface area contributed by atoms with E-state index in [0.717, 1.165) is 0 Å². The number of hydrogen-bond acceptors (Lipinski definition) is 4. The molecular formula is C12H37N2O2P2W-. The summed E-state index contributed by atoms with van der Waals surface area (Å²) in [5, 5.41) is 0. The first-order valence-corrected chi connectivity index (χ1v) is 5.70. The van der Waals surface area contributed by atoms with Crippen LogP contribution in [0.1, 0.15) is 31.1 Å². The molecule has 0 aliphatic heterocycles. The van der Waals surface area contributed by atoms with Crippen LogP contribution in [0.2, 0.25) is 0 Å². The van der Waals surface area contributed by atoms with E-state index in [1.807, 2.05) is 0 Å². The van der Waals surface area contributed by atoms with E-state index >= 15 is 0 Å². The van der Waals surface area contributed by atoms with E-state index in [1.54, 1.807) is 0 Å². The van der Waals surface area contributed by atoms with Crippen molar-refractivity contribution in [2.24, 2.45) is 17.4 Å². The molecule has 0 rings (SSSR count). The van der Waals surface area contributed by atoms with E-state index in [0.29, 0.717) is 13.2 Å². The van der Waals surface area contributed by atoms with E-state index in [-0.39, 0.29) is 75.6 Å². The Morgan fingerprint density at radius 2 is 1.16 bits per heavy atom. The van der Waals surface area contributed by atoms with Gasteiger partial charge in [-0.05, 0) is 1.37 Å². The molecule has 0 aromatic rings. The normalized spacial score (nSPS) is 15.5. The molecule has 0 spiro atoms. The number of hydrogen-bond donors (Lipinski definition) is 2. The van der Waals surface area contributed by atoms with Crippen LogP contribution >= 0.6 is 18.5 Å². The third kappa shape index (κ3) is 32.7. The Hall–Kier alpha value is 1.39. The number of nitrogens with two attached hydrogens (primary N) is 2. The van der Waals surface area contributed by atoms with Crippen LogP contribution in [0.5, 0.6) is 0 Å². The molecule has 0 aromatic heterocycles. The largest absolute Gasteiger partial charge is 0.382 e. The fraction of sp³-hybridized carbons (Fsp3) is 0.917. The van der Waals surface area contributed by atoms with Gasteiger partial charge in [0.05, 0.1) is 13.2 Å². The van der Waals surface area contributed by atoms with E-state index in [9.17, 15) is 0 Å². The molecule has 4 atom stereocenters. The second-order valence-electron chi connectivity index (χ2n) is 3.11. The quantitative estimate of drug-likeness (QED) is 0.406. The summed E-state index contributed by atoms with van der Waals surface area (Å²) in [4.78, 5) is 0. The zero-order valence-corrected chi connectivity index (χ0v) is 14.0. The Balaban J connectivity index is -0.0000000980. The van der Waals surface area contributed by atoms with E-state index in [1.165, 1.54) is 0 Å². The summed E-state index contributed by atoms with van der Waals surface area (Å²) in [5.74, 6) is -1.22. The van der Waals surface area contributed by atoms with Gasteiger partial charge in [0.2, 0.25) is 0 Å². The molecule has 7 heteroatoms. The first-order valence-electron chi connectivity index (χ1n) is 4.87. The maximum atomic E-state index is 7.76. The van der Waals surface area contributed by atoms with Gasteiger partial charge in [0.1, 0.15) is 0 Å². The summed E-state index contributed by atoms with van der Waals surface area (Å²) in [6.07, 6.45) is 0. The average molecular weight is 489 g/mol. The molecule has 0 aliphatic carbocycles. The van der Waals surface area contributed by atoms with Gasteiger partial charge in [-0.15, -0.1) is 24.4 Å². The topological polar surface area (TPSA) is 70.5 Å². The molecule has 0 bridgehead atoms. The van der Waals surface area contributed by atoms with Crippen LogP contribution in [-0.2, 0) is 30.5 Å². The summed E-state index contributed by atoms with van der Waals surface area (Å²) in [6.45, 7) is 4.86. The van der Waals surface area contributed by atoms with Crippen LogP contribution in [0.3, 0.4) is 0 Å². The SMILES string of the molecule is C.C.C.C.[3H]C([CH2-])(COCC(N)P)COCC(N)P.[W]. The van der Waals surface area contributed by atoms with Crippen LogP contribution in [0.4, 0.5) is 0 Å². The van der Waals surface area contributed by atoms with E-state index in [2.05, 4.69) is 25.4 Å². The molecule has 0 radical (unpaired) electrons. The van der Waals surface area contributed by atoms with Crippen molar-refractivity contribution in [2.75, 3.05) is 26.4 Å². The van der Waals surface area contributed by atoms with Crippen LogP contribution in [0.15, 0.2) is 0 Å². The molecule has 4 N–H and O–H groups in total. The molecule has 4 nitrogen and oxygen atoms in total. The van der Waals surface area contributed by atoms with Gasteiger partial charge in [-0.2, -0.15) is 0 Å². The zero-order chi connectivity index (χ0) is 11.9. The molecule has 0 heterocycles. The molecule has 0 fully saturated rings. The third-order valence-electron chi connectivity index (χ3n) is 1.23. The van der Waals surface area contributed by atoms with Crippen molar-refractivity contribution in [3.05, 3.63) is 6.92 Å². The third-order valence-corrected chi connectivity index (χ3v) is 1.62. The number of rotatable bonds is 8. The fourth-order valence-electron chi connectivity index (χ4n) is 0.720. The molecule has 0 saturated heterocycles. The van der Waals surface area contributed by atoms with Gasteiger partial charge in [0.15, 0.2) is 0 Å². The monoisotopic (exact) mass is 489 g/mol. The Labute approximate surface area is 142 Å². The summed E-state index contributed by atoms with van der Waals surface area (Å²) in [6, 6.07) is 0. The first kappa shape index (κ1) is 32.4. The zero-order valence-electron chi connectivity index (χ0n) is 9.72. The first-order chi connectivity index (χ1) is 6.83. The maximum Gasteiger partial charge on any atom is 0.0651 e. The Bertz CT molecular complexity index is 164. The van der Waals surface area contributed by atoms with Gasteiger partial charge in [0, 0.05) is 45.8 Å². The van der Waals surface area contributed by atoms with Crippen molar-refractivity contribution in [2.45, 2.75) is 41.3 Å². The molecule has 0 saturated carbocycles.